The molecule has 0 aliphatic carbocycles. The molecule has 28 heavy (non-hydrogen) atoms. The minimum absolute atomic E-state index is 0.0363. The molecule has 1 saturated heterocycles. The molecule has 1 aliphatic rings. The highest BCUT2D eigenvalue weighted by atomic mass is 16.5. The fourth-order valence-corrected chi connectivity index (χ4v) is 3.74. The molecule has 6 nitrogen and oxygen atoms in total. The summed E-state index contributed by atoms with van der Waals surface area (Å²) in [5, 5.41) is 9.13. The number of hydrogen-bond donors (Lipinski definition) is 2. The van der Waals surface area contributed by atoms with Crippen molar-refractivity contribution in [3.8, 4) is 0 Å². The van der Waals surface area contributed by atoms with E-state index in [0.717, 1.165) is 48.4 Å². The zero-order valence-corrected chi connectivity index (χ0v) is 15.8. The van der Waals surface area contributed by atoms with Crippen molar-refractivity contribution in [2.75, 3.05) is 19.7 Å². The van der Waals surface area contributed by atoms with E-state index in [0.29, 0.717) is 12.5 Å². The Morgan fingerprint density at radius 3 is 2.75 bits per heavy atom. The topological polar surface area (TPSA) is 78.5 Å². The van der Waals surface area contributed by atoms with Gasteiger partial charge in [-0.1, -0.05) is 36.4 Å². The monoisotopic (exact) mass is 379 g/mol. The van der Waals surface area contributed by atoms with Crippen LogP contribution in [0.15, 0.2) is 48.5 Å². The van der Waals surface area contributed by atoms with Crippen LogP contribution in [0.4, 0.5) is 0 Å². The van der Waals surface area contributed by atoms with E-state index in [2.05, 4.69) is 22.1 Å². The Labute approximate surface area is 164 Å². The van der Waals surface area contributed by atoms with E-state index >= 15 is 0 Å². The second-order valence-electron chi connectivity index (χ2n) is 7.37. The van der Waals surface area contributed by atoms with Gasteiger partial charge in [-0.25, -0.2) is 4.98 Å². The number of ether oxygens (including phenoxy) is 1. The molecule has 2 heterocycles. The summed E-state index contributed by atoms with van der Waals surface area (Å²) in [6, 6.07) is 15.9. The second-order valence-corrected chi connectivity index (χ2v) is 7.37. The van der Waals surface area contributed by atoms with Crippen LogP contribution in [0.2, 0.25) is 0 Å². The third-order valence-electron chi connectivity index (χ3n) is 5.27. The second kappa shape index (κ2) is 8.54. The number of H-pyrrole nitrogens is 1. The van der Waals surface area contributed by atoms with E-state index in [1.807, 2.05) is 41.3 Å². The molecule has 0 unspecified atom stereocenters. The van der Waals surface area contributed by atoms with Crippen LogP contribution >= 0.6 is 0 Å². The quantitative estimate of drug-likeness (QED) is 0.662. The van der Waals surface area contributed by atoms with Gasteiger partial charge in [0.15, 0.2) is 0 Å². The van der Waals surface area contributed by atoms with Crippen molar-refractivity contribution in [3.63, 3.8) is 0 Å². The van der Waals surface area contributed by atoms with Gasteiger partial charge in [0.25, 0.3) is 0 Å². The van der Waals surface area contributed by atoms with Crippen LogP contribution in [0.5, 0.6) is 0 Å². The standard InChI is InChI=1S/C22H25N3O3/c26-13-17-7-5-16(6-8-17)11-18-9-10-25(12-18)22(27)15-28-14-21-23-19-3-1-2-4-20(19)24-21/h1-8,18,26H,9-15H2,(H,23,24)/t18-/m0/s1. The molecule has 2 aromatic carbocycles. The van der Waals surface area contributed by atoms with E-state index < -0.39 is 0 Å². The molecule has 4 rings (SSSR count). The molecule has 6 heteroatoms. The van der Waals surface area contributed by atoms with Gasteiger partial charge in [-0.05, 0) is 42.0 Å². The highest BCUT2D eigenvalue weighted by Gasteiger charge is 2.26. The number of likely N-dealkylation sites (tertiary alicyclic amines) is 1. The fourth-order valence-electron chi connectivity index (χ4n) is 3.74. The first-order valence-corrected chi connectivity index (χ1v) is 9.69. The van der Waals surface area contributed by atoms with E-state index in [1.165, 1.54) is 5.56 Å². The Bertz CT molecular complexity index is 903. The van der Waals surface area contributed by atoms with Crippen LogP contribution in [0.25, 0.3) is 11.0 Å². The van der Waals surface area contributed by atoms with Crippen molar-refractivity contribution in [3.05, 3.63) is 65.5 Å². The number of aromatic amines is 1. The fraction of sp³-hybridized carbons (Fsp3) is 0.364. The van der Waals surface area contributed by atoms with Crippen molar-refractivity contribution >= 4 is 16.9 Å². The summed E-state index contributed by atoms with van der Waals surface area (Å²) < 4.78 is 5.59. The number of hydrogen-bond acceptors (Lipinski definition) is 4. The molecule has 0 bridgehead atoms. The van der Waals surface area contributed by atoms with Gasteiger partial charge < -0.3 is 19.7 Å². The number of rotatable bonds is 7. The molecule has 0 saturated carbocycles. The van der Waals surface area contributed by atoms with Crippen molar-refractivity contribution in [2.24, 2.45) is 5.92 Å². The average molecular weight is 379 g/mol. The number of aliphatic hydroxyl groups is 1. The summed E-state index contributed by atoms with van der Waals surface area (Å²) in [6.45, 7) is 2.00. The average Bonchev–Trinajstić information content (AvgIpc) is 3.35. The lowest BCUT2D eigenvalue weighted by atomic mass is 9.98. The first-order chi connectivity index (χ1) is 13.7. The van der Waals surface area contributed by atoms with Gasteiger partial charge >= 0.3 is 0 Å². The summed E-state index contributed by atoms with van der Waals surface area (Å²) in [7, 11) is 0. The number of carbonyl (C=O) groups excluding carboxylic acids is 1. The van der Waals surface area contributed by atoms with Crippen molar-refractivity contribution in [2.45, 2.75) is 26.1 Å². The van der Waals surface area contributed by atoms with Gasteiger partial charge in [-0.2, -0.15) is 0 Å². The number of benzene rings is 2. The van der Waals surface area contributed by atoms with Gasteiger partial charge in [0, 0.05) is 13.1 Å². The molecule has 1 atom stereocenters. The third-order valence-corrected chi connectivity index (χ3v) is 5.27. The zero-order valence-electron chi connectivity index (χ0n) is 15.8. The lowest BCUT2D eigenvalue weighted by Gasteiger charge is -2.16. The maximum Gasteiger partial charge on any atom is 0.248 e. The molecule has 1 amide bonds. The Morgan fingerprint density at radius 2 is 1.96 bits per heavy atom. The molecular formula is C22H25N3O3. The summed E-state index contributed by atoms with van der Waals surface area (Å²) in [5.41, 5.74) is 4.05. The van der Waals surface area contributed by atoms with Crippen LogP contribution in [-0.4, -0.2) is 45.6 Å². The van der Waals surface area contributed by atoms with Crippen LogP contribution in [-0.2, 0) is 29.2 Å². The number of para-hydroxylation sites is 2. The van der Waals surface area contributed by atoms with Crippen LogP contribution in [0.1, 0.15) is 23.4 Å². The summed E-state index contributed by atoms with van der Waals surface area (Å²) >= 11 is 0. The van der Waals surface area contributed by atoms with Gasteiger partial charge in [-0.3, -0.25) is 4.79 Å². The summed E-state index contributed by atoms with van der Waals surface area (Å²) in [6.07, 6.45) is 1.96. The van der Waals surface area contributed by atoms with E-state index in [1.54, 1.807) is 0 Å². The smallest absolute Gasteiger partial charge is 0.248 e. The number of fused-ring (bicyclic) bond motifs is 1. The van der Waals surface area contributed by atoms with E-state index in [-0.39, 0.29) is 19.1 Å². The SMILES string of the molecule is O=C(COCc1nc2ccccc2[nH]1)N1CC[C@@H](Cc2ccc(CO)cc2)C1. The Kier molecular flexibility index (Phi) is 5.69. The normalized spacial score (nSPS) is 16.8. The number of nitrogens with zero attached hydrogens (tertiary/aromatic N) is 2. The van der Waals surface area contributed by atoms with Crippen LogP contribution in [0.3, 0.4) is 0 Å². The highest BCUT2D eigenvalue weighted by molar-refractivity contribution is 5.77. The van der Waals surface area contributed by atoms with Crippen molar-refractivity contribution < 1.29 is 14.6 Å². The lowest BCUT2D eigenvalue weighted by molar-refractivity contribution is -0.135. The van der Waals surface area contributed by atoms with Gasteiger partial charge in [0.05, 0.1) is 17.6 Å². The van der Waals surface area contributed by atoms with Gasteiger partial charge in [0.1, 0.15) is 19.0 Å². The largest absolute Gasteiger partial charge is 0.392 e. The van der Waals surface area contributed by atoms with Crippen LogP contribution in [0, 0.1) is 5.92 Å². The van der Waals surface area contributed by atoms with E-state index in [4.69, 9.17) is 9.84 Å². The van der Waals surface area contributed by atoms with Gasteiger partial charge in [0.2, 0.25) is 5.91 Å². The number of aliphatic hydroxyl groups excluding tert-OH is 1. The van der Waals surface area contributed by atoms with Gasteiger partial charge in [-0.15, -0.1) is 0 Å². The number of amides is 1. The van der Waals surface area contributed by atoms with Crippen molar-refractivity contribution in [1.82, 2.24) is 14.9 Å². The molecule has 2 N–H and O–H groups in total. The molecule has 1 fully saturated rings. The number of carbonyl (C=O) groups is 1. The predicted molar refractivity (Wildman–Crippen MR) is 107 cm³/mol. The first-order valence-electron chi connectivity index (χ1n) is 9.69. The number of nitrogens with one attached hydrogen (secondary N) is 1. The van der Waals surface area contributed by atoms with Crippen LogP contribution < -0.4 is 0 Å². The summed E-state index contributed by atoms with van der Waals surface area (Å²) in [4.78, 5) is 22.0. The first kappa shape index (κ1) is 18.7. The maximum atomic E-state index is 12.4. The zero-order chi connectivity index (χ0) is 19.3. The number of imidazole rings is 1. The Hall–Kier alpha value is -2.70. The molecule has 0 radical (unpaired) electrons. The molecule has 146 valence electrons. The third kappa shape index (κ3) is 4.40. The lowest BCUT2D eigenvalue weighted by Crippen LogP contribution is -2.32. The van der Waals surface area contributed by atoms with E-state index in [9.17, 15) is 4.79 Å². The maximum absolute atomic E-state index is 12.4. The molecule has 1 aliphatic heterocycles. The van der Waals surface area contributed by atoms with Crippen molar-refractivity contribution in [1.29, 1.82) is 0 Å². The number of aromatic nitrogens is 2. The predicted octanol–water partition coefficient (Wildman–Crippen LogP) is 2.66. The Balaban J connectivity index is 1.22. The molecule has 3 aromatic rings. The highest BCUT2D eigenvalue weighted by Crippen LogP contribution is 2.21. The minimum atomic E-state index is 0.0363. The summed E-state index contributed by atoms with van der Waals surface area (Å²) in [5.74, 6) is 1.24. The Morgan fingerprint density at radius 1 is 1.18 bits per heavy atom. The molecule has 0 spiro atoms. The molecular weight excluding hydrogens is 354 g/mol. The molecule has 1 aromatic heterocycles. The minimum Gasteiger partial charge on any atom is -0.392 e.